The van der Waals surface area contributed by atoms with Crippen LogP contribution in [0.3, 0.4) is 0 Å². The molecule has 0 aliphatic rings. The monoisotopic (exact) mass is 269 g/mol. The van der Waals surface area contributed by atoms with Gasteiger partial charge in [0.1, 0.15) is 5.82 Å². The third-order valence-corrected chi connectivity index (χ3v) is 3.73. The van der Waals surface area contributed by atoms with Gasteiger partial charge in [0.2, 0.25) is 0 Å². The standard InChI is InChI=1S/C13H13ClFNS/c14-11-7-12(17-9-11)8-16-6-5-10-3-1-2-4-13(10)15/h1-4,7,9,16H,5-6,8H2. The number of halogens is 2. The number of rotatable bonds is 5. The third-order valence-electron chi connectivity index (χ3n) is 2.45. The Morgan fingerprint density at radius 1 is 1.29 bits per heavy atom. The molecule has 0 amide bonds. The summed E-state index contributed by atoms with van der Waals surface area (Å²) in [6, 6.07) is 8.83. The molecule has 2 rings (SSSR count). The highest BCUT2D eigenvalue weighted by Gasteiger charge is 2.00. The van der Waals surface area contributed by atoms with Crippen LogP contribution in [0.2, 0.25) is 5.02 Å². The second-order valence-electron chi connectivity index (χ2n) is 3.75. The van der Waals surface area contributed by atoms with Gasteiger partial charge in [-0.2, -0.15) is 0 Å². The number of nitrogens with one attached hydrogen (secondary N) is 1. The van der Waals surface area contributed by atoms with Crippen LogP contribution in [0.25, 0.3) is 0 Å². The van der Waals surface area contributed by atoms with Gasteiger partial charge in [-0.25, -0.2) is 4.39 Å². The minimum absolute atomic E-state index is 0.131. The van der Waals surface area contributed by atoms with Crippen LogP contribution in [0.4, 0.5) is 4.39 Å². The van der Waals surface area contributed by atoms with E-state index in [2.05, 4.69) is 5.32 Å². The van der Waals surface area contributed by atoms with Crippen LogP contribution in [-0.4, -0.2) is 6.54 Å². The maximum absolute atomic E-state index is 13.3. The summed E-state index contributed by atoms with van der Waals surface area (Å²) in [4.78, 5) is 1.20. The highest BCUT2D eigenvalue weighted by Crippen LogP contribution is 2.18. The maximum atomic E-state index is 13.3. The molecule has 1 aromatic heterocycles. The van der Waals surface area contributed by atoms with Crippen molar-refractivity contribution in [3.63, 3.8) is 0 Å². The summed E-state index contributed by atoms with van der Waals surface area (Å²) in [6.07, 6.45) is 0.700. The number of hydrogen-bond acceptors (Lipinski definition) is 2. The molecule has 0 aliphatic heterocycles. The Morgan fingerprint density at radius 3 is 2.82 bits per heavy atom. The van der Waals surface area contributed by atoms with E-state index in [0.717, 1.165) is 23.7 Å². The van der Waals surface area contributed by atoms with Gasteiger partial charge in [0, 0.05) is 16.8 Å². The van der Waals surface area contributed by atoms with E-state index >= 15 is 0 Å². The molecule has 0 aliphatic carbocycles. The molecule has 0 fully saturated rings. The summed E-state index contributed by atoms with van der Waals surface area (Å²) in [6.45, 7) is 1.54. The SMILES string of the molecule is Fc1ccccc1CCNCc1cc(Cl)cs1. The topological polar surface area (TPSA) is 12.0 Å². The van der Waals surface area contributed by atoms with Gasteiger partial charge in [0.25, 0.3) is 0 Å². The molecular weight excluding hydrogens is 257 g/mol. The largest absolute Gasteiger partial charge is 0.312 e. The lowest BCUT2D eigenvalue weighted by atomic mass is 10.1. The molecule has 2 aromatic rings. The van der Waals surface area contributed by atoms with Crippen LogP contribution >= 0.6 is 22.9 Å². The molecule has 1 aromatic carbocycles. The van der Waals surface area contributed by atoms with Crippen LogP contribution in [0.1, 0.15) is 10.4 Å². The lowest BCUT2D eigenvalue weighted by molar-refractivity contribution is 0.598. The molecule has 1 heterocycles. The van der Waals surface area contributed by atoms with E-state index in [4.69, 9.17) is 11.6 Å². The molecule has 0 unspecified atom stereocenters. The van der Waals surface area contributed by atoms with Gasteiger partial charge in [-0.05, 0) is 30.7 Å². The van der Waals surface area contributed by atoms with E-state index in [-0.39, 0.29) is 5.82 Å². The second-order valence-corrected chi connectivity index (χ2v) is 5.18. The van der Waals surface area contributed by atoms with Gasteiger partial charge in [0.15, 0.2) is 0 Å². The summed E-state index contributed by atoms with van der Waals surface area (Å²) in [5.41, 5.74) is 0.754. The smallest absolute Gasteiger partial charge is 0.126 e. The first kappa shape index (κ1) is 12.6. The van der Waals surface area contributed by atoms with E-state index in [1.807, 2.05) is 23.6 Å². The molecule has 4 heteroatoms. The van der Waals surface area contributed by atoms with E-state index < -0.39 is 0 Å². The summed E-state index contributed by atoms with van der Waals surface area (Å²) < 4.78 is 13.3. The van der Waals surface area contributed by atoms with Crippen molar-refractivity contribution in [1.29, 1.82) is 0 Å². The van der Waals surface area contributed by atoms with Crippen molar-refractivity contribution in [3.8, 4) is 0 Å². The minimum Gasteiger partial charge on any atom is -0.312 e. The Morgan fingerprint density at radius 2 is 2.12 bits per heavy atom. The second kappa shape index (κ2) is 6.15. The van der Waals surface area contributed by atoms with Gasteiger partial charge < -0.3 is 5.32 Å². The maximum Gasteiger partial charge on any atom is 0.126 e. The molecule has 1 N–H and O–H groups in total. The molecule has 0 radical (unpaired) electrons. The van der Waals surface area contributed by atoms with Crippen LogP contribution in [0.5, 0.6) is 0 Å². The molecule has 0 saturated carbocycles. The molecule has 0 spiro atoms. The number of thiophene rings is 1. The van der Waals surface area contributed by atoms with Crippen molar-refractivity contribution in [2.45, 2.75) is 13.0 Å². The van der Waals surface area contributed by atoms with E-state index in [1.54, 1.807) is 17.4 Å². The summed E-state index contributed by atoms with van der Waals surface area (Å²) in [7, 11) is 0. The van der Waals surface area contributed by atoms with Crippen molar-refractivity contribution < 1.29 is 4.39 Å². The zero-order chi connectivity index (χ0) is 12.1. The fourth-order valence-corrected chi connectivity index (χ4v) is 2.62. The van der Waals surface area contributed by atoms with Gasteiger partial charge in [-0.1, -0.05) is 29.8 Å². The molecular formula is C13H13ClFNS. The lowest BCUT2D eigenvalue weighted by Gasteiger charge is -2.04. The summed E-state index contributed by atoms with van der Waals surface area (Å²) >= 11 is 7.45. The van der Waals surface area contributed by atoms with Crippen LogP contribution in [0.15, 0.2) is 35.7 Å². The first-order chi connectivity index (χ1) is 8.25. The lowest BCUT2D eigenvalue weighted by Crippen LogP contribution is -2.16. The van der Waals surface area contributed by atoms with Crippen LogP contribution in [0, 0.1) is 5.82 Å². The van der Waals surface area contributed by atoms with Crippen molar-refractivity contribution >= 4 is 22.9 Å². The Bertz CT molecular complexity index is 484. The van der Waals surface area contributed by atoms with Gasteiger partial charge >= 0.3 is 0 Å². The Balaban J connectivity index is 1.75. The molecule has 90 valence electrons. The predicted molar refractivity (Wildman–Crippen MR) is 71.1 cm³/mol. The van der Waals surface area contributed by atoms with Gasteiger partial charge in [-0.15, -0.1) is 11.3 Å². The van der Waals surface area contributed by atoms with Gasteiger partial charge in [-0.3, -0.25) is 0 Å². The van der Waals surface area contributed by atoms with E-state index in [9.17, 15) is 4.39 Å². The van der Waals surface area contributed by atoms with Crippen molar-refractivity contribution in [2.75, 3.05) is 6.54 Å². The van der Waals surface area contributed by atoms with Crippen molar-refractivity contribution in [3.05, 3.63) is 57.0 Å². The zero-order valence-corrected chi connectivity index (χ0v) is 10.8. The van der Waals surface area contributed by atoms with Crippen molar-refractivity contribution in [1.82, 2.24) is 5.32 Å². The highest BCUT2D eigenvalue weighted by molar-refractivity contribution is 7.10. The number of hydrogen-bond donors (Lipinski definition) is 1. The predicted octanol–water partition coefficient (Wildman–Crippen LogP) is 3.87. The molecule has 0 bridgehead atoms. The molecule has 1 nitrogen and oxygen atoms in total. The zero-order valence-electron chi connectivity index (χ0n) is 9.25. The fourth-order valence-electron chi connectivity index (χ4n) is 1.58. The van der Waals surface area contributed by atoms with Crippen LogP contribution < -0.4 is 5.32 Å². The minimum atomic E-state index is -0.131. The first-order valence-corrected chi connectivity index (χ1v) is 6.68. The van der Waals surface area contributed by atoms with E-state index in [1.165, 1.54) is 10.9 Å². The quantitative estimate of drug-likeness (QED) is 0.813. The van der Waals surface area contributed by atoms with Gasteiger partial charge in [0.05, 0.1) is 5.02 Å². The first-order valence-electron chi connectivity index (χ1n) is 5.43. The molecule has 0 atom stereocenters. The normalized spacial score (nSPS) is 10.7. The Labute approximate surface area is 109 Å². The molecule has 17 heavy (non-hydrogen) atoms. The number of benzene rings is 1. The van der Waals surface area contributed by atoms with Crippen LogP contribution in [-0.2, 0) is 13.0 Å². The summed E-state index contributed by atoms with van der Waals surface area (Å²) in [5.74, 6) is -0.131. The fraction of sp³-hybridized carbons (Fsp3) is 0.231. The average molecular weight is 270 g/mol. The molecule has 0 saturated heterocycles. The average Bonchev–Trinajstić information content (AvgIpc) is 2.73. The van der Waals surface area contributed by atoms with Crippen molar-refractivity contribution in [2.24, 2.45) is 0 Å². The van der Waals surface area contributed by atoms with E-state index in [0.29, 0.717) is 6.42 Å². The summed E-state index contributed by atoms with van der Waals surface area (Å²) in [5, 5.41) is 5.97. The third kappa shape index (κ3) is 3.80. The Hall–Kier alpha value is -0.900. The highest BCUT2D eigenvalue weighted by atomic mass is 35.5. The Kier molecular flexibility index (Phi) is 4.54.